The Bertz CT molecular complexity index is 1020. The van der Waals surface area contributed by atoms with Gasteiger partial charge in [-0.1, -0.05) is 48.5 Å². The first-order valence-corrected chi connectivity index (χ1v) is 10.7. The number of likely N-dealkylation sites (tertiary alicyclic amines) is 1. The van der Waals surface area contributed by atoms with Crippen LogP contribution in [0.15, 0.2) is 48.5 Å². The molecule has 2 aliphatic rings. The lowest BCUT2D eigenvalue weighted by atomic mass is 9.86. The van der Waals surface area contributed by atoms with Crippen molar-refractivity contribution in [1.29, 1.82) is 0 Å². The molecule has 1 saturated heterocycles. The Labute approximate surface area is 187 Å². The van der Waals surface area contributed by atoms with Crippen molar-refractivity contribution in [3.8, 4) is 11.1 Å². The number of hydrogen-bond acceptors (Lipinski definition) is 5. The normalized spacial score (nSPS) is 16.4. The second-order valence-electron chi connectivity index (χ2n) is 9.43. The van der Waals surface area contributed by atoms with Crippen LogP contribution < -0.4 is 5.32 Å². The van der Waals surface area contributed by atoms with E-state index in [1.54, 1.807) is 20.8 Å². The number of Topliss-reactive ketones (excluding diaryl/α,β-unsaturated/α-hetero) is 1. The zero-order valence-corrected chi connectivity index (χ0v) is 18.8. The zero-order valence-electron chi connectivity index (χ0n) is 18.8. The summed E-state index contributed by atoms with van der Waals surface area (Å²) in [4.78, 5) is 38.5. The Morgan fingerprint density at radius 3 is 2.03 bits per heavy atom. The SMILES string of the molecule is CC(=O)C1(NC(=O)OCC2c3ccccc3-c3ccccc32)CN(C(=O)OC(C)(C)C)C1. The van der Waals surface area contributed by atoms with Crippen LogP contribution in [-0.2, 0) is 14.3 Å². The minimum Gasteiger partial charge on any atom is -0.449 e. The molecule has 4 rings (SSSR count). The van der Waals surface area contributed by atoms with Crippen molar-refractivity contribution in [1.82, 2.24) is 10.2 Å². The summed E-state index contributed by atoms with van der Waals surface area (Å²) >= 11 is 0. The molecule has 1 N–H and O–H groups in total. The van der Waals surface area contributed by atoms with E-state index in [-0.39, 0.29) is 31.4 Å². The molecule has 0 atom stereocenters. The fourth-order valence-corrected chi connectivity index (χ4v) is 4.28. The van der Waals surface area contributed by atoms with Gasteiger partial charge in [-0.3, -0.25) is 4.79 Å². The van der Waals surface area contributed by atoms with E-state index in [0.29, 0.717) is 0 Å². The molecule has 2 aromatic rings. The zero-order chi connectivity index (χ0) is 23.1. The van der Waals surface area contributed by atoms with Crippen LogP contribution in [0, 0.1) is 0 Å². The summed E-state index contributed by atoms with van der Waals surface area (Å²) in [6, 6.07) is 16.2. The van der Waals surface area contributed by atoms with Crippen LogP contribution in [0.2, 0.25) is 0 Å². The minimum atomic E-state index is -1.15. The maximum Gasteiger partial charge on any atom is 0.410 e. The van der Waals surface area contributed by atoms with Gasteiger partial charge < -0.3 is 19.7 Å². The van der Waals surface area contributed by atoms with E-state index in [1.807, 2.05) is 36.4 Å². The summed E-state index contributed by atoms with van der Waals surface area (Å²) in [5.74, 6) is -0.299. The van der Waals surface area contributed by atoms with E-state index < -0.39 is 23.3 Å². The molecule has 1 aliphatic carbocycles. The van der Waals surface area contributed by atoms with Gasteiger partial charge in [0.1, 0.15) is 17.7 Å². The van der Waals surface area contributed by atoms with E-state index in [2.05, 4.69) is 17.4 Å². The standard InChI is InChI=1S/C25H28N2O5/c1-16(28)25(14-27(15-25)23(30)32-24(2,3)4)26-22(29)31-13-21-19-11-7-5-9-17(19)18-10-6-8-12-20(18)21/h5-12,21H,13-15H2,1-4H3,(H,26,29). The second-order valence-corrected chi connectivity index (χ2v) is 9.43. The van der Waals surface area contributed by atoms with Gasteiger partial charge in [0, 0.05) is 5.92 Å². The third kappa shape index (κ3) is 4.07. The van der Waals surface area contributed by atoms with Gasteiger partial charge >= 0.3 is 12.2 Å². The van der Waals surface area contributed by atoms with Crippen molar-refractivity contribution >= 4 is 18.0 Å². The summed E-state index contributed by atoms with van der Waals surface area (Å²) in [6.45, 7) is 7.00. The topological polar surface area (TPSA) is 84.9 Å². The number of amides is 2. The molecule has 0 saturated carbocycles. The Kier molecular flexibility index (Phi) is 5.44. The summed E-state index contributed by atoms with van der Waals surface area (Å²) in [5.41, 5.74) is 2.73. The molecule has 0 radical (unpaired) electrons. The predicted octanol–water partition coefficient (Wildman–Crippen LogP) is 4.10. The van der Waals surface area contributed by atoms with E-state index in [9.17, 15) is 14.4 Å². The maximum atomic E-state index is 12.6. The number of nitrogens with zero attached hydrogens (tertiary/aromatic N) is 1. The fourth-order valence-electron chi connectivity index (χ4n) is 4.28. The number of ether oxygens (including phenoxy) is 2. The lowest BCUT2D eigenvalue weighted by molar-refractivity contribution is -0.129. The van der Waals surface area contributed by atoms with Crippen molar-refractivity contribution in [3.05, 3.63) is 59.7 Å². The van der Waals surface area contributed by atoms with Crippen molar-refractivity contribution in [3.63, 3.8) is 0 Å². The Morgan fingerprint density at radius 2 is 1.53 bits per heavy atom. The Balaban J connectivity index is 1.40. The molecule has 32 heavy (non-hydrogen) atoms. The molecule has 0 spiro atoms. The van der Waals surface area contributed by atoms with E-state index in [0.717, 1.165) is 22.3 Å². The number of alkyl carbamates (subject to hydrolysis) is 1. The quantitative estimate of drug-likeness (QED) is 0.780. The Morgan fingerprint density at radius 1 is 1.00 bits per heavy atom. The molecule has 1 fully saturated rings. The van der Waals surface area contributed by atoms with Crippen molar-refractivity contribution in [2.75, 3.05) is 19.7 Å². The van der Waals surface area contributed by atoms with Crippen molar-refractivity contribution < 1.29 is 23.9 Å². The van der Waals surface area contributed by atoms with Gasteiger partial charge in [0.15, 0.2) is 5.78 Å². The van der Waals surface area contributed by atoms with Gasteiger partial charge in [-0.25, -0.2) is 9.59 Å². The van der Waals surface area contributed by atoms with Gasteiger partial charge in [-0.2, -0.15) is 0 Å². The third-order valence-electron chi connectivity index (χ3n) is 5.93. The Hall–Kier alpha value is -3.35. The minimum absolute atomic E-state index is 0.0570. The highest BCUT2D eigenvalue weighted by Gasteiger charge is 2.51. The number of ketones is 1. The van der Waals surface area contributed by atoms with Crippen LogP contribution in [0.4, 0.5) is 9.59 Å². The highest BCUT2D eigenvalue weighted by Crippen LogP contribution is 2.44. The van der Waals surface area contributed by atoms with Crippen LogP contribution in [-0.4, -0.2) is 53.7 Å². The summed E-state index contributed by atoms with van der Waals surface area (Å²) < 4.78 is 10.9. The first kappa shape index (κ1) is 21.9. The van der Waals surface area contributed by atoms with Crippen LogP contribution in [0.5, 0.6) is 0 Å². The summed E-state index contributed by atoms with van der Waals surface area (Å²) in [7, 11) is 0. The number of carbonyl (C=O) groups is 3. The number of rotatable bonds is 4. The van der Waals surface area contributed by atoms with Crippen LogP contribution in [0.1, 0.15) is 44.7 Å². The molecule has 0 bridgehead atoms. The lowest BCUT2D eigenvalue weighted by Gasteiger charge is -2.48. The van der Waals surface area contributed by atoms with Crippen LogP contribution >= 0.6 is 0 Å². The number of nitrogens with one attached hydrogen (secondary N) is 1. The second kappa shape index (κ2) is 7.97. The predicted molar refractivity (Wildman–Crippen MR) is 119 cm³/mol. The monoisotopic (exact) mass is 436 g/mol. The van der Waals surface area contributed by atoms with E-state index >= 15 is 0 Å². The van der Waals surface area contributed by atoms with E-state index in [1.165, 1.54) is 11.8 Å². The van der Waals surface area contributed by atoms with Crippen LogP contribution in [0.3, 0.4) is 0 Å². The number of benzene rings is 2. The molecule has 168 valence electrons. The van der Waals surface area contributed by atoms with Gasteiger partial charge in [0.25, 0.3) is 0 Å². The molecule has 0 aromatic heterocycles. The molecule has 7 heteroatoms. The lowest BCUT2D eigenvalue weighted by Crippen LogP contribution is -2.74. The van der Waals surface area contributed by atoms with Gasteiger partial charge in [0.2, 0.25) is 0 Å². The summed E-state index contributed by atoms with van der Waals surface area (Å²) in [6.07, 6.45) is -1.19. The largest absolute Gasteiger partial charge is 0.449 e. The smallest absolute Gasteiger partial charge is 0.410 e. The first-order valence-electron chi connectivity index (χ1n) is 10.7. The van der Waals surface area contributed by atoms with Gasteiger partial charge in [0.05, 0.1) is 13.1 Å². The molecular weight excluding hydrogens is 408 g/mol. The third-order valence-corrected chi connectivity index (χ3v) is 5.93. The summed E-state index contributed by atoms with van der Waals surface area (Å²) in [5, 5.41) is 2.69. The highest BCUT2D eigenvalue weighted by atomic mass is 16.6. The molecule has 2 amide bonds. The first-order chi connectivity index (χ1) is 15.1. The van der Waals surface area contributed by atoms with Gasteiger partial charge in [-0.15, -0.1) is 0 Å². The van der Waals surface area contributed by atoms with E-state index in [4.69, 9.17) is 9.47 Å². The number of fused-ring (bicyclic) bond motifs is 3. The van der Waals surface area contributed by atoms with Crippen molar-refractivity contribution in [2.24, 2.45) is 0 Å². The fraction of sp³-hybridized carbons (Fsp3) is 0.400. The average molecular weight is 437 g/mol. The molecule has 7 nitrogen and oxygen atoms in total. The highest BCUT2D eigenvalue weighted by molar-refractivity contribution is 5.93. The molecule has 1 aliphatic heterocycles. The van der Waals surface area contributed by atoms with Gasteiger partial charge in [-0.05, 0) is 49.9 Å². The maximum absolute atomic E-state index is 12.6. The molecular formula is C25H28N2O5. The van der Waals surface area contributed by atoms with Crippen molar-refractivity contribution in [2.45, 2.75) is 44.8 Å². The molecule has 0 unspecified atom stereocenters. The number of carbonyl (C=O) groups excluding carboxylic acids is 3. The molecule has 1 heterocycles. The van der Waals surface area contributed by atoms with Crippen LogP contribution in [0.25, 0.3) is 11.1 Å². The molecule has 2 aromatic carbocycles. The average Bonchev–Trinajstić information content (AvgIpc) is 3.01. The number of hydrogen-bond donors (Lipinski definition) is 1.